The van der Waals surface area contributed by atoms with Gasteiger partial charge in [-0.2, -0.15) is 0 Å². The van der Waals surface area contributed by atoms with Crippen LogP contribution in [-0.2, 0) is 6.42 Å². The summed E-state index contributed by atoms with van der Waals surface area (Å²) in [7, 11) is 1.54. The Morgan fingerprint density at radius 2 is 2.00 bits per heavy atom. The van der Waals surface area contributed by atoms with Crippen molar-refractivity contribution in [3.63, 3.8) is 0 Å². The number of hydrogen-bond acceptors (Lipinski definition) is 5. The largest absolute Gasteiger partial charge is 0.493 e. The van der Waals surface area contributed by atoms with Gasteiger partial charge in [-0.25, -0.2) is 0 Å². The molecule has 0 bridgehead atoms. The van der Waals surface area contributed by atoms with Crippen LogP contribution in [0.25, 0.3) is 0 Å². The van der Waals surface area contributed by atoms with Crippen LogP contribution in [0.4, 0.5) is 0 Å². The standard InChI is InChI=1S/C15H17N3O3/c1-20-14-10-12(15(16)18-19)2-3-13(14)21-9-6-11-4-7-17-8-5-11/h2-5,7-8,10,19H,6,9H2,1H3,(H2,16,18). The van der Waals surface area contributed by atoms with Crippen molar-refractivity contribution in [2.45, 2.75) is 6.42 Å². The Kier molecular flexibility index (Phi) is 4.98. The third kappa shape index (κ3) is 3.85. The summed E-state index contributed by atoms with van der Waals surface area (Å²) < 4.78 is 11.0. The number of methoxy groups -OCH3 is 1. The highest BCUT2D eigenvalue weighted by Crippen LogP contribution is 2.28. The first kappa shape index (κ1) is 14.6. The SMILES string of the molecule is COc1cc(/C(N)=N/O)ccc1OCCc1ccncc1. The second-order valence-corrected chi connectivity index (χ2v) is 4.30. The quantitative estimate of drug-likeness (QED) is 0.366. The van der Waals surface area contributed by atoms with E-state index in [1.807, 2.05) is 12.1 Å². The molecule has 0 spiro atoms. The highest BCUT2D eigenvalue weighted by atomic mass is 16.5. The molecule has 1 aromatic carbocycles. The molecule has 3 N–H and O–H groups in total. The third-order valence-corrected chi connectivity index (χ3v) is 2.96. The van der Waals surface area contributed by atoms with Crippen molar-refractivity contribution in [1.29, 1.82) is 0 Å². The van der Waals surface area contributed by atoms with Crippen molar-refractivity contribution in [2.75, 3.05) is 13.7 Å². The smallest absolute Gasteiger partial charge is 0.170 e. The van der Waals surface area contributed by atoms with E-state index in [4.69, 9.17) is 20.4 Å². The molecule has 0 saturated carbocycles. The van der Waals surface area contributed by atoms with Gasteiger partial charge in [-0.1, -0.05) is 5.16 Å². The number of rotatable bonds is 6. The molecule has 110 valence electrons. The van der Waals surface area contributed by atoms with Gasteiger partial charge in [0.25, 0.3) is 0 Å². The van der Waals surface area contributed by atoms with Gasteiger partial charge in [0.05, 0.1) is 13.7 Å². The zero-order valence-corrected chi connectivity index (χ0v) is 11.7. The van der Waals surface area contributed by atoms with Gasteiger partial charge in [0.1, 0.15) is 0 Å². The molecule has 0 unspecified atom stereocenters. The van der Waals surface area contributed by atoms with Gasteiger partial charge in [0.2, 0.25) is 0 Å². The highest BCUT2D eigenvalue weighted by molar-refractivity contribution is 5.97. The normalized spacial score (nSPS) is 11.2. The van der Waals surface area contributed by atoms with Crippen LogP contribution >= 0.6 is 0 Å². The Labute approximate surface area is 122 Å². The molecule has 6 nitrogen and oxygen atoms in total. The van der Waals surface area contributed by atoms with Gasteiger partial charge >= 0.3 is 0 Å². The first-order chi connectivity index (χ1) is 10.2. The fourth-order valence-electron chi connectivity index (χ4n) is 1.83. The van der Waals surface area contributed by atoms with Gasteiger partial charge in [0, 0.05) is 24.4 Å². The molecular formula is C15H17N3O3. The predicted octanol–water partition coefficient (Wildman–Crippen LogP) is 1.81. The number of ether oxygens (including phenoxy) is 2. The van der Waals surface area contributed by atoms with E-state index in [0.29, 0.717) is 23.7 Å². The van der Waals surface area contributed by atoms with Crippen molar-refractivity contribution in [3.8, 4) is 11.5 Å². The van der Waals surface area contributed by atoms with E-state index >= 15 is 0 Å². The summed E-state index contributed by atoms with van der Waals surface area (Å²) in [6.45, 7) is 0.517. The van der Waals surface area contributed by atoms with E-state index in [1.165, 1.54) is 0 Å². The Morgan fingerprint density at radius 1 is 1.24 bits per heavy atom. The summed E-state index contributed by atoms with van der Waals surface area (Å²) in [5.74, 6) is 1.17. The zero-order valence-electron chi connectivity index (χ0n) is 11.7. The van der Waals surface area contributed by atoms with E-state index in [2.05, 4.69) is 10.1 Å². The summed E-state index contributed by atoms with van der Waals surface area (Å²) in [5, 5.41) is 11.6. The maximum absolute atomic E-state index is 8.67. The Morgan fingerprint density at radius 3 is 2.67 bits per heavy atom. The molecule has 0 fully saturated rings. The van der Waals surface area contributed by atoms with Crippen LogP contribution in [0.2, 0.25) is 0 Å². The minimum Gasteiger partial charge on any atom is -0.493 e. The number of hydrogen-bond donors (Lipinski definition) is 2. The fourth-order valence-corrected chi connectivity index (χ4v) is 1.83. The molecule has 0 saturated heterocycles. The van der Waals surface area contributed by atoms with Gasteiger partial charge in [-0.3, -0.25) is 4.98 Å². The molecule has 0 aliphatic heterocycles. The highest BCUT2D eigenvalue weighted by Gasteiger charge is 2.08. The molecule has 2 rings (SSSR count). The number of nitrogens with two attached hydrogens (primary N) is 1. The Balaban J connectivity index is 2.03. The number of aromatic nitrogens is 1. The molecule has 0 amide bonds. The van der Waals surface area contributed by atoms with E-state index in [-0.39, 0.29) is 5.84 Å². The molecule has 1 aromatic heterocycles. The number of oxime groups is 1. The van der Waals surface area contributed by atoms with Crippen molar-refractivity contribution in [1.82, 2.24) is 4.98 Å². The van der Waals surface area contributed by atoms with E-state index < -0.39 is 0 Å². The number of benzene rings is 1. The predicted molar refractivity (Wildman–Crippen MR) is 78.9 cm³/mol. The topological polar surface area (TPSA) is 90.0 Å². The minimum atomic E-state index is 0.0247. The zero-order chi connectivity index (χ0) is 15.1. The van der Waals surface area contributed by atoms with Crippen molar-refractivity contribution >= 4 is 5.84 Å². The molecule has 21 heavy (non-hydrogen) atoms. The lowest BCUT2D eigenvalue weighted by atomic mass is 10.2. The van der Waals surface area contributed by atoms with E-state index in [0.717, 1.165) is 12.0 Å². The summed E-state index contributed by atoms with van der Waals surface area (Å²) in [5.41, 5.74) is 7.26. The number of nitrogens with zero attached hydrogens (tertiary/aromatic N) is 2. The summed E-state index contributed by atoms with van der Waals surface area (Å²) in [6.07, 6.45) is 4.27. The Hall–Kier alpha value is -2.76. The monoisotopic (exact) mass is 287 g/mol. The molecule has 1 heterocycles. The molecule has 0 radical (unpaired) electrons. The lowest BCUT2D eigenvalue weighted by Gasteiger charge is -2.12. The van der Waals surface area contributed by atoms with Crippen molar-refractivity contribution in [2.24, 2.45) is 10.9 Å². The molecule has 0 aliphatic carbocycles. The first-order valence-corrected chi connectivity index (χ1v) is 6.42. The molecule has 0 aliphatic rings. The summed E-state index contributed by atoms with van der Waals surface area (Å²) >= 11 is 0. The number of amidine groups is 1. The van der Waals surface area contributed by atoms with Crippen molar-refractivity contribution in [3.05, 3.63) is 53.9 Å². The Bertz CT molecular complexity index is 615. The molecular weight excluding hydrogens is 270 g/mol. The molecule has 0 atom stereocenters. The first-order valence-electron chi connectivity index (χ1n) is 6.42. The van der Waals surface area contributed by atoms with Crippen LogP contribution in [-0.4, -0.2) is 29.7 Å². The van der Waals surface area contributed by atoms with Crippen LogP contribution in [0, 0.1) is 0 Å². The van der Waals surface area contributed by atoms with Crippen molar-refractivity contribution < 1.29 is 14.7 Å². The third-order valence-electron chi connectivity index (χ3n) is 2.96. The lowest BCUT2D eigenvalue weighted by Crippen LogP contribution is -2.13. The van der Waals surface area contributed by atoms with Crippen LogP contribution in [0.15, 0.2) is 47.9 Å². The average Bonchev–Trinajstić information content (AvgIpc) is 2.55. The van der Waals surface area contributed by atoms with Crippen LogP contribution < -0.4 is 15.2 Å². The molecule has 2 aromatic rings. The maximum atomic E-state index is 8.67. The van der Waals surface area contributed by atoms with Crippen LogP contribution in [0.3, 0.4) is 0 Å². The van der Waals surface area contributed by atoms with E-state index in [1.54, 1.807) is 37.7 Å². The van der Waals surface area contributed by atoms with Crippen LogP contribution in [0.5, 0.6) is 11.5 Å². The second kappa shape index (κ2) is 7.14. The van der Waals surface area contributed by atoms with Crippen LogP contribution in [0.1, 0.15) is 11.1 Å². The van der Waals surface area contributed by atoms with Gasteiger partial charge in [0.15, 0.2) is 17.3 Å². The second-order valence-electron chi connectivity index (χ2n) is 4.30. The van der Waals surface area contributed by atoms with E-state index in [9.17, 15) is 0 Å². The fraction of sp³-hybridized carbons (Fsp3) is 0.200. The molecule has 6 heteroatoms. The minimum absolute atomic E-state index is 0.0247. The van der Waals surface area contributed by atoms with Gasteiger partial charge in [-0.15, -0.1) is 0 Å². The lowest BCUT2D eigenvalue weighted by molar-refractivity contribution is 0.297. The average molecular weight is 287 g/mol. The maximum Gasteiger partial charge on any atom is 0.170 e. The number of pyridine rings is 1. The summed E-state index contributed by atoms with van der Waals surface area (Å²) in [4.78, 5) is 3.97. The van der Waals surface area contributed by atoms with Gasteiger partial charge < -0.3 is 20.4 Å². The summed E-state index contributed by atoms with van der Waals surface area (Å²) in [6, 6.07) is 9.00. The van der Waals surface area contributed by atoms with Gasteiger partial charge in [-0.05, 0) is 35.9 Å².